The third-order valence-corrected chi connectivity index (χ3v) is 9.34. The minimum atomic E-state index is -0.746. The topological polar surface area (TPSA) is 76.4 Å². The second-order valence-corrected chi connectivity index (χ2v) is 12.8. The Bertz CT molecular complexity index is 2150. The van der Waals surface area contributed by atoms with E-state index in [1.54, 1.807) is 12.1 Å². The first kappa shape index (κ1) is 36.7. The number of methoxy groups -OCH3 is 1. The van der Waals surface area contributed by atoms with E-state index in [1.807, 2.05) is 36.4 Å². The van der Waals surface area contributed by atoms with Crippen LogP contribution in [-0.2, 0) is 9.53 Å². The predicted molar refractivity (Wildman–Crippen MR) is 215 cm³/mol. The van der Waals surface area contributed by atoms with E-state index in [2.05, 4.69) is 127 Å². The van der Waals surface area contributed by atoms with Crippen LogP contribution >= 0.6 is 0 Å². The molecule has 0 spiro atoms. The SMILES string of the molecule is COC(=O)C(NCC=C(c1ccccc1)c1ccc(-c2cc(C(=CCNC(C)c3ccccc3)c3ccccc3)ccc2N)cc1)c1ccc(F)cc1. The highest BCUT2D eigenvalue weighted by molar-refractivity contribution is 5.87. The lowest BCUT2D eigenvalue weighted by Crippen LogP contribution is -2.30. The molecule has 0 saturated carbocycles. The van der Waals surface area contributed by atoms with Crippen molar-refractivity contribution >= 4 is 22.8 Å². The zero-order chi connectivity index (χ0) is 37.0. The summed E-state index contributed by atoms with van der Waals surface area (Å²) >= 11 is 0. The van der Waals surface area contributed by atoms with Crippen LogP contribution in [0, 0.1) is 5.82 Å². The first-order valence-electron chi connectivity index (χ1n) is 17.8. The molecular formula is C47H44FN3O2. The standard InChI is InChI=1S/C47H44FN3O2/c1-33(34-12-6-3-7-13-34)50-30-28-43(36-16-10-5-11-17-36)40-24-27-45(49)44(32-40)38-20-18-37(19-21-38)42(35-14-8-4-9-15-35)29-31-51-46(47(52)53-2)39-22-25-41(48)26-23-39/h3-29,32-33,46,50-51H,30-31,49H2,1-2H3. The Hall–Kier alpha value is -6.08. The van der Waals surface area contributed by atoms with Crippen LogP contribution in [-0.4, -0.2) is 26.2 Å². The van der Waals surface area contributed by atoms with Crippen molar-refractivity contribution in [2.24, 2.45) is 0 Å². The Morgan fingerprint density at radius 1 is 0.642 bits per heavy atom. The molecular weight excluding hydrogens is 658 g/mol. The molecule has 6 aromatic carbocycles. The number of nitrogens with two attached hydrogens (primary N) is 1. The Balaban J connectivity index is 1.27. The van der Waals surface area contributed by atoms with Crippen LogP contribution in [0.15, 0.2) is 170 Å². The van der Waals surface area contributed by atoms with Crippen molar-refractivity contribution in [2.75, 3.05) is 25.9 Å². The predicted octanol–water partition coefficient (Wildman–Crippen LogP) is 9.79. The molecule has 6 rings (SSSR count). The van der Waals surface area contributed by atoms with Crippen LogP contribution in [0.1, 0.15) is 52.4 Å². The summed E-state index contributed by atoms with van der Waals surface area (Å²) in [6, 6.07) is 50.9. The molecule has 0 fully saturated rings. The van der Waals surface area contributed by atoms with Gasteiger partial charge in [-0.3, -0.25) is 5.32 Å². The Kier molecular flexibility index (Phi) is 12.4. The largest absolute Gasteiger partial charge is 0.468 e. The Morgan fingerprint density at radius 2 is 1.15 bits per heavy atom. The summed E-state index contributed by atoms with van der Waals surface area (Å²) in [4.78, 5) is 12.7. The molecule has 2 unspecified atom stereocenters. The molecule has 0 amide bonds. The van der Waals surface area contributed by atoms with E-state index in [0.29, 0.717) is 24.3 Å². The summed E-state index contributed by atoms with van der Waals surface area (Å²) in [5.41, 5.74) is 17.5. The van der Waals surface area contributed by atoms with Gasteiger partial charge in [-0.15, -0.1) is 0 Å². The lowest BCUT2D eigenvalue weighted by Gasteiger charge is -2.17. The third-order valence-electron chi connectivity index (χ3n) is 9.34. The van der Waals surface area contributed by atoms with Crippen molar-refractivity contribution in [1.29, 1.82) is 0 Å². The summed E-state index contributed by atoms with van der Waals surface area (Å²) < 4.78 is 18.7. The molecule has 0 saturated heterocycles. The van der Waals surface area contributed by atoms with Gasteiger partial charge in [0.2, 0.25) is 0 Å². The highest BCUT2D eigenvalue weighted by Gasteiger charge is 2.21. The van der Waals surface area contributed by atoms with E-state index < -0.39 is 12.0 Å². The number of rotatable bonds is 14. The number of hydrogen-bond donors (Lipinski definition) is 3. The summed E-state index contributed by atoms with van der Waals surface area (Å²) in [7, 11) is 1.35. The quantitative estimate of drug-likeness (QED) is 0.0779. The van der Waals surface area contributed by atoms with E-state index in [-0.39, 0.29) is 11.9 Å². The van der Waals surface area contributed by atoms with Crippen molar-refractivity contribution < 1.29 is 13.9 Å². The smallest absolute Gasteiger partial charge is 0.327 e. The maximum Gasteiger partial charge on any atom is 0.327 e. The number of nitrogens with one attached hydrogen (secondary N) is 2. The number of anilines is 1. The van der Waals surface area contributed by atoms with Gasteiger partial charge in [0.05, 0.1) is 7.11 Å². The minimum absolute atomic E-state index is 0.208. The number of esters is 1. The van der Waals surface area contributed by atoms with E-state index >= 15 is 0 Å². The Morgan fingerprint density at radius 3 is 1.74 bits per heavy atom. The molecule has 0 aliphatic carbocycles. The number of carbonyl (C=O) groups excluding carboxylic acids is 1. The molecule has 266 valence electrons. The van der Waals surface area contributed by atoms with Gasteiger partial charge in [-0.25, -0.2) is 9.18 Å². The monoisotopic (exact) mass is 701 g/mol. The fourth-order valence-corrected chi connectivity index (χ4v) is 6.43. The van der Waals surface area contributed by atoms with E-state index in [0.717, 1.165) is 44.5 Å². The van der Waals surface area contributed by atoms with Gasteiger partial charge in [0, 0.05) is 30.4 Å². The molecule has 0 aliphatic heterocycles. The number of carbonyl (C=O) groups is 1. The average molecular weight is 702 g/mol. The second kappa shape index (κ2) is 17.9. The number of halogens is 1. The molecule has 0 aliphatic rings. The van der Waals surface area contributed by atoms with Crippen LogP contribution in [0.25, 0.3) is 22.3 Å². The zero-order valence-corrected chi connectivity index (χ0v) is 30.0. The van der Waals surface area contributed by atoms with Crippen molar-refractivity contribution in [1.82, 2.24) is 10.6 Å². The van der Waals surface area contributed by atoms with Crippen molar-refractivity contribution in [3.05, 3.63) is 209 Å². The summed E-state index contributed by atoms with van der Waals surface area (Å²) in [5.74, 6) is -0.811. The highest BCUT2D eigenvalue weighted by atomic mass is 19.1. The molecule has 0 radical (unpaired) electrons. The van der Waals surface area contributed by atoms with Gasteiger partial charge in [-0.05, 0) is 81.3 Å². The van der Waals surface area contributed by atoms with Crippen molar-refractivity contribution in [2.45, 2.75) is 19.0 Å². The number of hydrogen-bond acceptors (Lipinski definition) is 5. The van der Waals surface area contributed by atoms with Crippen molar-refractivity contribution in [3.8, 4) is 11.1 Å². The van der Waals surface area contributed by atoms with Crippen LogP contribution in [0.2, 0.25) is 0 Å². The molecule has 6 aromatic rings. The van der Waals surface area contributed by atoms with Gasteiger partial charge >= 0.3 is 5.97 Å². The highest BCUT2D eigenvalue weighted by Crippen LogP contribution is 2.34. The third kappa shape index (κ3) is 9.43. The van der Waals surface area contributed by atoms with Gasteiger partial charge in [0.15, 0.2) is 0 Å². The van der Waals surface area contributed by atoms with Crippen LogP contribution < -0.4 is 16.4 Å². The molecule has 53 heavy (non-hydrogen) atoms. The van der Waals surface area contributed by atoms with Gasteiger partial charge in [-0.1, -0.05) is 146 Å². The zero-order valence-electron chi connectivity index (χ0n) is 30.0. The fraction of sp³-hybridized carbons (Fsp3) is 0.128. The minimum Gasteiger partial charge on any atom is -0.468 e. The average Bonchev–Trinajstić information content (AvgIpc) is 3.21. The number of benzene rings is 6. The van der Waals surface area contributed by atoms with Crippen LogP contribution in [0.4, 0.5) is 10.1 Å². The molecule has 5 nitrogen and oxygen atoms in total. The number of nitrogen functional groups attached to an aromatic ring is 1. The van der Waals surface area contributed by atoms with Gasteiger partial charge in [0.25, 0.3) is 0 Å². The lowest BCUT2D eigenvalue weighted by atomic mass is 9.92. The molecule has 0 heterocycles. The van der Waals surface area contributed by atoms with Gasteiger partial charge < -0.3 is 15.8 Å². The summed E-state index contributed by atoms with van der Waals surface area (Å²) in [6.07, 6.45) is 4.31. The molecule has 2 atom stereocenters. The van der Waals surface area contributed by atoms with E-state index in [1.165, 1.54) is 24.8 Å². The fourth-order valence-electron chi connectivity index (χ4n) is 6.43. The van der Waals surface area contributed by atoms with Gasteiger partial charge in [0.1, 0.15) is 11.9 Å². The first-order valence-corrected chi connectivity index (χ1v) is 17.8. The molecule has 4 N–H and O–H groups in total. The maximum atomic E-state index is 13.6. The molecule has 0 bridgehead atoms. The number of ether oxygens (including phenoxy) is 1. The van der Waals surface area contributed by atoms with E-state index in [4.69, 9.17) is 10.5 Å². The van der Waals surface area contributed by atoms with Gasteiger partial charge in [-0.2, -0.15) is 0 Å². The first-order chi connectivity index (χ1) is 25.9. The van der Waals surface area contributed by atoms with Crippen LogP contribution in [0.3, 0.4) is 0 Å². The van der Waals surface area contributed by atoms with Crippen molar-refractivity contribution in [3.63, 3.8) is 0 Å². The second-order valence-electron chi connectivity index (χ2n) is 12.8. The Labute approximate surface area is 311 Å². The summed E-state index contributed by atoms with van der Waals surface area (Å²) in [6.45, 7) is 3.24. The summed E-state index contributed by atoms with van der Waals surface area (Å²) in [5, 5.41) is 6.93. The normalized spacial score (nSPS) is 13.0. The maximum absolute atomic E-state index is 13.6. The molecule has 6 heteroatoms. The molecule has 0 aromatic heterocycles. The van der Waals surface area contributed by atoms with Crippen LogP contribution in [0.5, 0.6) is 0 Å². The van der Waals surface area contributed by atoms with E-state index in [9.17, 15) is 9.18 Å². The lowest BCUT2D eigenvalue weighted by molar-refractivity contribution is -0.143.